The van der Waals surface area contributed by atoms with E-state index < -0.39 is 5.82 Å². The first-order valence-corrected chi connectivity index (χ1v) is 6.43. The van der Waals surface area contributed by atoms with Crippen LogP contribution in [0.1, 0.15) is 17.4 Å². The summed E-state index contributed by atoms with van der Waals surface area (Å²) in [6, 6.07) is 2.07. The van der Waals surface area contributed by atoms with E-state index in [0.29, 0.717) is 6.54 Å². The van der Waals surface area contributed by atoms with E-state index in [0.717, 1.165) is 12.6 Å². The van der Waals surface area contributed by atoms with Crippen LogP contribution in [0.4, 0.5) is 10.2 Å². The molecule has 0 aliphatic rings. The van der Waals surface area contributed by atoms with E-state index >= 15 is 0 Å². The summed E-state index contributed by atoms with van der Waals surface area (Å²) in [6.07, 6.45) is 2.03. The van der Waals surface area contributed by atoms with Crippen molar-refractivity contribution >= 4 is 28.8 Å². The van der Waals surface area contributed by atoms with Crippen LogP contribution in [0.3, 0.4) is 0 Å². The highest BCUT2D eigenvalue weighted by molar-refractivity contribution is 7.10. The molecule has 2 aromatic heterocycles. The number of hydrogen-bond donors (Lipinski definition) is 1. The Morgan fingerprint density at radius 3 is 3.12 bits per heavy atom. The van der Waals surface area contributed by atoms with E-state index in [2.05, 4.69) is 28.3 Å². The maximum atomic E-state index is 13.3. The fourth-order valence-electron chi connectivity index (χ4n) is 1.47. The average molecular weight is 272 g/mol. The van der Waals surface area contributed by atoms with Gasteiger partial charge in [0, 0.05) is 4.88 Å². The van der Waals surface area contributed by atoms with Gasteiger partial charge in [-0.1, -0.05) is 6.92 Å². The Bertz CT molecular complexity index is 515. The lowest BCUT2D eigenvalue weighted by Crippen LogP contribution is -2.04. The molecular weight excluding hydrogens is 261 g/mol. The van der Waals surface area contributed by atoms with Gasteiger partial charge >= 0.3 is 0 Å². The molecule has 0 saturated carbocycles. The van der Waals surface area contributed by atoms with Gasteiger partial charge in [0.15, 0.2) is 11.6 Å². The fraction of sp³-hybridized carbons (Fsp3) is 0.273. The smallest absolute Gasteiger partial charge is 0.224 e. The van der Waals surface area contributed by atoms with Crippen LogP contribution >= 0.6 is 22.9 Å². The number of rotatable bonds is 4. The molecular formula is C11H11ClFN3S. The molecule has 17 heavy (non-hydrogen) atoms. The number of aromatic nitrogens is 2. The molecule has 3 nitrogen and oxygen atoms in total. The minimum atomic E-state index is -0.496. The van der Waals surface area contributed by atoms with Crippen molar-refractivity contribution in [3.63, 3.8) is 0 Å². The molecule has 0 amide bonds. The van der Waals surface area contributed by atoms with Crippen LogP contribution in [0.15, 0.2) is 17.6 Å². The molecule has 0 atom stereocenters. The number of thiophene rings is 1. The third kappa shape index (κ3) is 2.92. The van der Waals surface area contributed by atoms with Gasteiger partial charge in [0.25, 0.3) is 0 Å². The molecule has 0 aliphatic carbocycles. The van der Waals surface area contributed by atoms with Gasteiger partial charge in [0.1, 0.15) is 0 Å². The van der Waals surface area contributed by atoms with Crippen molar-refractivity contribution < 1.29 is 4.39 Å². The normalized spacial score (nSPS) is 10.5. The van der Waals surface area contributed by atoms with Crippen LogP contribution < -0.4 is 5.32 Å². The van der Waals surface area contributed by atoms with Crippen LogP contribution in [-0.4, -0.2) is 9.97 Å². The predicted molar refractivity (Wildman–Crippen MR) is 68.0 cm³/mol. The number of hydrogen-bond acceptors (Lipinski definition) is 4. The monoisotopic (exact) mass is 271 g/mol. The molecule has 0 aromatic carbocycles. The highest BCUT2D eigenvalue weighted by Crippen LogP contribution is 2.19. The standard InChI is InChI=1S/C11H11ClFN3S/c1-2-7-3-4-17-9(7)6-14-10-8(13)5-15-11(12)16-10/h3-5H,2,6H2,1H3,(H,14,15,16). The van der Waals surface area contributed by atoms with Gasteiger partial charge in [0.2, 0.25) is 5.28 Å². The largest absolute Gasteiger partial charge is 0.363 e. The van der Waals surface area contributed by atoms with Gasteiger partial charge in [-0.3, -0.25) is 0 Å². The van der Waals surface area contributed by atoms with Crippen molar-refractivity contribution in [1.29, 1.82) is 0 Å². The van der Waals surface area contributed by atoms with Crippen molar-refractivity contribution in [3.05, 3.63) is 39.2 Å². The van der Waals surface area contributed by atoms with Gasteiger partial charge in [-0.2, -0.15) is 4.98 Å². The van der Waals surface area contributed by atoms with Crippen molar-refractivity contribution in [1.82, 2.24) is 9.97 Å². The zero-order valence-corrected chi connectivity index (χ0v) is 10.8. The van der Waals surface area contributed by atoms with Crippen LogP contribution in [0.2, 0.25) is 5.28 Å². The molecule has 0 radical (unpaired) electrons. The maximum Gasteiger partial charge on any atom is 0.224 e. The van der Waals surface area contributed by atoms with Crippen LogP contribution in [0.25, 0.3) is 0 Å². The molecule has 0 unspecified atom stereocenters. The summed E-state index contributed by atoms with van der Waals surface area (Å²) in [7, 11) is 0. The molecule has 0 saturated heterocycles. The second kappa shape index (κ2) is 5.42. The predicted octanol–water partition coefficient (Wildman–Crippen LogP) is 3.51. The van der Waals surface area contributed by atoms with E-state index in [-0.39, 0.29) is 11.1 Å². The van der Waals surface area contributed by atoms with Crippen LogP contribution in [0, 0.1) is 5.82 Å². The number of nitrogens with one attached hydrogen (secondary N) is 1. The first-order valence-electron chi connectivity index (χ1n) is 5.18. The Morgan fingerprint density at radius 1 is 1.53 bits per heavy atom. The third-order valence-corrected chi connectivity index (χ3v) is 3.49. The maximum absolute atomic E-state index is 13.3. The van der Waals surface area contributed by atoms with Crippen LogP contribution in [-0.2, 0) is 13.0 Å². The zero-order valence-electron chi connectivity index (χ0n) is 9.20. The molecule has 0 aliphatic heterocycles. The second-order valence-corrected chi connectivity index (χ2v) is 4.75. The minimum Gasteiger partial charge on any atom is -0.363 e. The lowest BCUT2D eigenvalue weighted by molar-refractivity contribution is 0.616. The summed E-state index contributed by atoms with van der Waals surface area (Å²) in [5.41, 5.74) is 1.27. The summed E-state index contributed by atoms with van der Waals surface area (Å²) in [5, 5.41) is 5.00. The third-order valence-electron chi connectivity index (χ3n) is 2.35. The molecule has 2 rings (SSSR count). The Hall–Kier alpha value is -1.20. The van der Waals surface area contributed by atoms with Gasteiger partial charge in [-0.05, 0) is 35.0 Å². The molecule has 0 spiro atoms. The van der Waals surface area contributed by atoms with E-state index in [1.807, 2.05) is 5.38 Å². The van der Waals surface area contributed by atoms with E-state index in [4.69, 9.17) is 11.6 Å². The summed E-state index contributed by atoms with van der Waals surface area (Å²) in [6.45, 7) is 2.64. The highest BCUT2D eigenvalue weighted by Gasteiger charge is 2.07. The molecule has 1 N–H and O–H groups in total. The van der Waals surface area contributed by atoms with Gasteiger partial charge in [-0.25, -0.2) is 9.37 Å². The van der Waals surface area contributed by atoms with Crippen molar-refractivity contribution in [2.45, 2.75) is 19.9 Å². The van der Waals surface area contributed by atoms with Gasteiger partial charge < -0.3 is 5.32 Å². The zero-order chi connectivity index (χ0) is 12.3. The van der Waals surface area contributed by atoms with Crippen molar-refractivity contribution in [3.8, 4) is 0 Å². The van der Waals surface area contributed by atoms with Crippen molar-refractivity contribution in [2.24, 2.45) is 0 Å². The molecule has 2 aromatic rings. The first kappa shape index (κ1) is 12.3. The quantitative estimate of drug-likeness (QED) is 0.865. The molecule has 90 valence electrons. The van der Waals surface area contributed by atoms with E-state index in [1.54, 1.807) is 11.3 Å². The molecule has 0 fully saturated rings. The lowest BCUT2D eigenvalue weighted by atomic mass is 10.2. The summed E-state index contributed by atoms with van der Waals surface area (Å²) >= 11 is 7.25. The topological polar surface area (TPSA) is 37.8 Å². The molecule has 2 heterocycles. The number of aryl methyl sites for hydroxylation is 1. The Balaban J connectivity index is 2.09. The number of halogens is 2. The van der Waals surface area contributed by atoms with Gasteiger partial charge in [0.05, 0.1) is 12.7 Å². The summed E-state index contributed by atoms with van der Waals surface area (Å²) in [4.78, 5) is 8.54. The Morgan fingerprint density at radius 2 is 2.35 bits per heavy atom. The van der Waals surface area contributed by atoms with E-state index in [9.17, 15) is 4.39 Å². The average Bonchev–Trinajstić information content (AvgIpc) is 2.77. The second-order valence-electron chi connectivity index (χ2n) is 3.41. The fourth-order valence-corrected chi connectivity index (χ4v) is 2.52. The number of anilines is 1. The Labute approximate surface area is 108 Å². The van der Waals surface area contributed by atoms with E-state index in [1.165, 1.54) is 10.4 Å². The first-order chi connectivity index (χ1) is 8.20. The molecule has 0 bridgehead atoms. The van der Waals surface area contributed by atoms with Crippen molar-refractivity contribution in [2.75, 3.05) is 5.32 Å². The summed E-state index contributed by atoms with van der Waals surface area (Å²) < 4.78 is 13.3. The lowest BCUT2D eigenvalue weighted by Gasteiger charge is -2.06. The minimum absolute atomic E-state index is 0.0378. The molecule has 6 heteroatoms. The van der Waals surface area contributed by atoms with Gasteiger partial charge in [-0.15, -0.1) is 11.3 Å². The highest BCUT2D eigenvalue weighted by atomic mass is 35.5. The van der Waals surface area contributed by atoms with Crippen LogP contribution in [0.5, 0.6) is 0 Å². The Kier molecular flexibility index (Phi) is 3.91. The number of nitrogens with zero attached hydrogens (tertiary/aromatic N) is 2. The summed E-state index contributed by atoms with van der Waals surface area (Å²) in [5.74, 6) is -0.357. The SMILES string of the molecule is CCc1ccsc1CNc1nc(Cl)ncc1F.